The Bertz CT molecular complexity index is 778. The van der Waals surface area contributed by atoms with Crippen molar-refractivity contribution >= 4 is 23.3 Å². The average Bonchev–Trinajstić information content (AvgIpc) is 2.64. The van der Waals surface area contributed by atoms with Crippen LogP contribution in [0.4, 0.5) is 16.2 Å². The summed E-state index contributed by atoms with van der Waals surface area (Å²) in [7, 11) is 2.06. The zero-order valence-corrected chi connectivity index (χ0v) is 15.9. The van der Waals surface area contributed by atoms with E-state index in [-0.39, 0.29) is 23.4 Å². The second kappa shape index (κ2) is 5.88. The van der Waals surface area contributed by atoms with Gasteiger partial charge in [-0.2, -0.15) is 0 Å². The van der Waals surface area contributed by atoms with Crippen LogP contribution >= 0.6 is 0 Å². The Morgan fingerprint density at radius 3 is 2.41 bits per heavy atom. The molecule has 27 heavy (non-hydrogen) atoms. The van der Waals surface area contributed by atoms with E-state index < -0.39 is 0 Å². The molecule has 144 valence electrons. The molecule has 1 aliphatic heterocycles. The maximum atomic E-state index is 13.2. The van der Waals surface area contributed by atoms with Gasteiger partial charge in [-0.05, 0) is 62.0 Å². The smallest absolute Gasteiger partial charge is 0.322 e. The summed E-state index contributed by atoms with van der Waals surface area (Å²) in [4.78, 5) is 29.4. The second-order valence-corrected chi connectivity index (χ2v) is 9.15. The van der Waals surface area contributed by atoms with Crippen molar-refractivity contribution in [3.8, 4) is 0 Å². The number of nitrogens with two attached hydrogens (primary N) is 1. The summed E-state index contributed by atoms with van der Waals surface area (Å²) in [6, 6.07) is 8.25. The minimum absolute atomic E-state index is 0.00106. The highest BCUT2D eigenvalue weighted by Gasteiger charge is 2.58. The number of nitrogens with one attached hydrogen (secondary N) is 1. The number of amides is 3. The first-order chi connectivity index (χ1) is 13.0. The summed E-state index contributed by atoms with van der Waals surface area (Å²) >= 11 is 0. The van der Waals surface area contributed by atoms with Gasteiger partial charge in [0.1, 0.15) is 0 Å². The van der Waals surface area contributed by atoms with Gasteiger partial charge < -0.3 is 16.0 Å². The third kappa shape index (κ3) is 2.52. The average molecular weight is 368 g/mol. The fourth-order valence-electron chi connectivity index (χ4n) is 6.50. The van der Waals surface area contributed by atoms with Gasteiger partial charge in [0.15, 0.2) is 0 Å². The number of hydrogen-bond donors (Lipinski definition) is 2. The van der Waals surface area contributed by atoms with Gasteiger partial charge in [-0.25, -0.2) is 4.79 Å². The molecule has 1 aromatic carbocycles. The van der Waals surface area contributed by atoms with E-state index in [1.807, 2.05) is 23.1 Å². The summed E-state index contributed by atoms with van der Waals surface area (Å²) in [5.41, 5.74) is 7.54. The third-order valence-corrected chi connectivity index (χ3v) is 7.57. The Morgan fingerprint density at radius 2 is 1.74 bits per heavy atom. The zero-order chi connectivity index (χ0) is 18.8. The standard InChI is InChI=1S/C21H28N4O2/c1-24-6-7-25(17-5-3-2-4-16(17)24)20(27)23-18-14-8-13-9-15(18)12-21(10-13,11-14)19(22)26/h2-5,13-15,18H,6-12H2,1H3,(H2,22,26)(H,23,27)/t13?,14?,15?,18-,21+. The molecule has 1 heterocycles. The number of carbonyl (C=O) groups excluding carboxylic acids is 2. The van der Waals surface area contributed by atoms with Crippen LogP contribution in [0.1, 0.15) is 32.1 Å². The first-order valence-corrected chi connectivity index (χ1v) is 10.1. The molecule has 6 nitrogen and oxygen atoms in total. The van der Waals surface area contributed by atoms with Crippen molar-refractivity contribution in [3.63, 3.8) is 0 Å². The first-order valence-electron chi connectivity index (χ1n) is 10.1. The van der Waals surface area contributed by atoms with Crippen molar-refractivity contribution in [2.45, 2.75) is 38.1 Å². The summed E-state index contributed by atoms with van der Waals surface area (Å²) in [6.07, 6.45) is 4.90. The first kappa shape index (κ1) is 16.9. The van der Waals surface area contributed by atoms with Gasteiger partial charge in [-0.3, -0.25) is 9.69 Å². The van der Waals surface area contributed by atoms with Gasteiger partial charge in [-0.1, -0.05) is 12.1 Å². The number of likely N-dealkylation sites (N-methyl/N-ethyl adjacent to an activating group) is 1. The molecule has 0 spiro atoms. The molecule has 4 saturated carbocycles. The lowest BCUT2D eigenvalue weighted by Crippen LogP contribution is -2.63. The number of fused-ring (bicyclic) bond motifs is 1. The molecule has 3 N–H and O–H groups in total. The number of urea groups is 1. The van der Waals surface area contributed by atoms with Gasteiger partial charge in [0, 0.05) is 31.6 Å². The molecule has 0 saturated heterocycles. The molecule has 0 radical (unpaired) electrons. The van der Waals surface area contributed by atoms with Crippen LogP contribution in [0.2, 0.25) is 0 Å². The SMILES string of the molecule is CN1CCN(C(=O)N[C@H]2C3CC4CC2C[C@@](C(N)=O)(C4)C3)c2ccccc21. The Labute approximate surface area is 160 Å². The van der Waals surface area contributed by atoms with Gasteiger partial charge in [0.25, 0.3) is 0 Å². The van der Waals surface area contributed by atoms with Crippen LogP contribution in [0.3, 0.4) is 0 Å². The molecule has 0 aromatic heterocycles. The number of hydrogen-bond acceptors (Lipinski definition) is 3. The Balaban J connectivity index is 1.36. The van der Waals surface area contributed by atoms with E-state index in [0.717, 1.165) is 50.0 Å². The highest BCUT2D eigenvalue weighted by atomic mass is 16.2. The van der Waals surface area contributed by atoms with Gasteiger partial charge in [0.2, 0.25) is 5.91 Å². The van der Waals surface area contributed by atoms with Crippen molar-refractivity contribution in [2.24, 2.45) is 28.9 Å². The number of carbonyl (C=O) groups is 2. The lowest BCUT2D eigenvalue weighted by molar-refractivity contribution is -0.145. The van der Waals surface area contributed by atoms with E-state index in [4.69, 9.17) is 5.73 Å². The highest BCUT2D eigenvalue weighted by Crippen LogP contribution is 2.59. The van der Waals surface area contributed by atoms with E-state index in [2.05, 4.69) is 23.3 Å². The predicted octanol–water partition coefficient (Wildman–Crippen LogP) is 2.33. The van der Waals surface area contributed by atoms with Gasteiger partial charge >= 0.3 is 6.03 Å². The van der Waals surface area contributed by atoms with Crippen LogP contribution in [-0.4, -0.2) is 38.1 Å². The number of benzene rings is 1. The van der Waals surface area contributed by atoms with Crippen molar-refractivity contribution in [3.05, 3.63) is 24.3 Å². The predicted molar refractivity (Wildman–Crippen MR) is 105 cm³/mol. The van der Waals surface area contributed by atoms with Crippen molar-refractivity contribution < 1.29 is 9.59 Å². The van der Waals surface area contributed by atoms with Crippen molar-refractivity contribution in [1.29, 1.82) is 0 Å². The zero-order valence-electron chi connectivity index (χ0n) is 15.9. The van der Waals surface area contributed by atoms with Crippen LogP contribution in [0.15, 0.2) is 24.3 Å². The molecule has 6 heteroatoms. The van der Waals surface area contributed by atoms with Crippen LogP contribution in [0.5, 0.6) is 0 Å². The van der Waals surface area contributed by atoms with E-state index in [1.165, 1.54) is 0 Å². The van der Waals surface area contributed by atoms with Crippen molar-refractivity contribution in [2.75, 3.05) is 29.9 Å². The monoisotopic (exact) mass is 368 g/mol. The molecule has 3 amide bonds. The number of nitrogens with zero attached hydrogens (tertiary/aromatic N) is 2. The van der Waals surface area contributed by atoms with E-state index >= 15 is 0 Å². The number of primary amides is 1. The molecular weight excluding hydrogens is 340 g/mol. The quantitative estimate of drug-likeness (QED) is 0.841. The molecule has 4 fully saturated rings. The lowest BCUT2D eigenvalue weighted by Gasteiger charge is -2.59. The van der Waals surface area contributed by atoms with E-state index in [1.54, 1.807) is 0 Å². The molecule has 2 unspecified atom stereocenters. The molecule has 4 bridgehead atoms. The van der Waals surface area contributed by atoms with Gasteiger partial charge in [0.05, 0.1) is 11.4 Å². The number of anilines is 2. The maximum Gasteiger partial charge on any atom is 0.322 e. The van der Waals surface area contributed by atoms with E-state index in [9.17, 15) is 9.59 Å². The molecule has 5 aliphatic rings. The van der Waals surface area contributed by atoms with Crippen LogP contribution < -0.4 is 20.9 Å². The number of para-hydroxylation sites is 2. The molecule has 1 aromatic rings. The van der Waals surface area contributed by atoms with Crippen LogP contribution in [-0.2, 0) is 4.79 Å². The Kier molecular flexibility index (Phi) is 3.68. The molecular formula is C21H28N4O2. The molecule has 6 rings (SSSR count). The fraction of sp³-hybridized carbons (Fsp3) is 0.619. The molecule has 2 atom stereocenters. The van der Waals surface area contributed by atoms with E-state index in [0.29, 0.717) is 24.3 Å². The Hall–Kier alpha value is -2.24. The van der Waals surface area contributed by atoms with Crippen LogP contribution in [0.25, 0.3) is 0 Å². The lowest BCUT2D eigenvalue weighted by atomic mass is 9.47. The third-order valence-electron chi connectivity index (χ3n) is 7.57. The minimum atomic E-state index is -0.307. The van der Waals surface area contributed by atoms with Crippen LogP contribution in [0, 0.1) is 23.2 Å². The highest BCUT2D eigenvalue weighted by molar-refractivity contribution is 5.97. The van der Waals surface area contributed by atoms with Crippen molar-refractivity contribution in [1.82, 2.24) is 5.32 Å². The summed E-state index contributed by atoms with van der Waals surface area (Å²) < 4.78 is 0. The molecule has 4 aliphatic carbocycles. The largest absolute Gasteiger partial charge is 0.371 e. The normalized spacial score (nSPS) is 36.5. The number of rotatable bonds is 2. The minimum Gasteiger partial charge on any atom is -0.371 e. The maximum absolute atomic E-state index is 13.2. The summed E-state index contributed by atoms with van der Waals surface area (Å²) in [5.74, 6) is 1.25. The fourth-order valence-corrected chi connectivity index (χ4v) is 6.50. The summed E-state index contributed by atoms with van der Waals surface area (Å²) in [5, 5.41) is 3.36. The Morgan fingerprint density at radius 1 is 1.07 bits per heavy atom. The summed E-state index contributed by atoms with van der Waals surface area (Å²) in [6.45, 7) is 1.52. The van der Waals surface area contributed by atoms with Gasteiger partial charge in [-0.15, -0.1) is 0 Å². The topological polar surface area (TPSA) is 78.7 Å². The second-order valence-electron chi connectivity index (χ2n) is 9.15.